The van der Waals surface area contributed by atoms with Crippen LogP contribution in [-0.2, 0) is 0 Å². The fourth-order valence-corrected chi connectivity index (χ4v) is 0.737. The van der Waals surface area contributed by atoms with Gasteiger partial charge in [0, 0.05) is 19.1 Å². The van der Waals surface area contributed by atoms with Gasteiger partial charge < -0.3 is 21.1 Å². The fourth-order valence-electron chi connectivity index (χ4n) is 0.737. The fraction of sp³-hybridized carbons (Fsp3) is 1.00. The Morgan fingerprint density at radius 1 is 1.33 bits per heavy atom. The lowest BCUT2D eigenvalue weighted by atomic mass is 10.0. The summed E-state index contributed by atoms with van der Waals surface area (Å²) in [6.07, 6.45) is 0.926. The molecule has 76 valence electrons. The van der Waals surface area contributed by atoms with Crippen molar-refractivity contribution in [2.24, 2.45) is 11.7 Å². The summed E-state index contributed by atoms with van der Waals surface area (Å²) in [6.45, 7) is 1.37. The Labute approximate surface area is 83.2 Å². The SMILES string of the molecule is Br.CC(N)(O)CCC(CO)CO. The highest BCUT2D eigenvalue weighted by molar-refractivity contribution is 8.93. The molecule has 5 heteroatoms. The van der Waals surface area contributed by atoms with Crippen molar-refractivity contribution < 1.29 is 15.3 Å². The van der Waals surface area contributed by atoms with Gasteiger partial charge in [0.1, 0.15) is 5.72 Å². The van der Waals surface area contributed by atoms with E-state index in [0.717, 1.165) is 0 Å². The average molecular weight is 244 g/mol. The molecule has 0 aromatic heterocycles. The molecule has 0 saturated carbocycles. The highest BCUT2D eigenvalue weighted by Gasteiger charge is 2.15. The van der Waals surface area contributed by atoms with Crippen molar-refractivity contribution in [1.29, 1.82) is 0 Å². The molecular formula is C7H18BrNO3. The predicted molar refractivity (Wildman–Crippen MR) is 52.0 cm³/mol. The Bertz CT molecular complexity index is 101. The minimum Gasteiger partial charge on any atom is -0.396 e. The lowest BCUT2D eigenvalue weighted by Gasteiger charge is -2.19. The number of rotatable bonds is 5. The second-order valence-corrected chi connectivity index (χ2v) is 3.13. The highest BCUT2D eigenvalue weighted by Crippen LogP contribution is 2.11. The van der Waals surface area contributed by atoms with Crippen LogP contribution in [0.25, 0.3) is 0 Å². The molecule has 0 saturated heterocycles. The molecule has 4 nitrogen and oxygen atoms in total. The van der Waals surface area contributed by atoms with Crippen LogP contribution in [0.5, 0.6) is 0 Å². The molecule has 0 rings (SSSR count). The third-order valence-corrected chi connectivity index (χ3v) is 1.58. The van der Waals surface area contributed by atoms with Gasteiger partial charge in [-0.05, 0) is 19.8 Å². The van der Waals surface area contributed by atoms with E-state index in [-0.39, 0.29) is 36.1 Å². The van der Waals surface area contributed by atoms with Crippen LogP contribution >= 0.6 is 17.0 Å². The van der Waals surface area contributed by atoms with Gasteiger partial charge in [0.15, 0.2) is 0 Å². The number of aliphatic hydroxyl groups is 3. The smallest absolute Gasteiger partial charge is 0.110 e. The first-order valence-corrected chi connectivity index (χ1v) is 3.72. The van der Waals surface area contributed by atoms with Gasteiger partial charge in [0.2, 0.25) is 0 Å². The minimum absolute atomic E-state index is 0. The summed E-state index contributed by atoms with van der Waals surface area (Å²) in [5.74, 6) is -0.162. The van der Waals surface area contributed by atoms with E-state index in [1.807, 2.05) is 0 Å². The molecule has 0 fully saturated rings. The Morgan fingerprint density at radius 3 is 2.00 bits per heavy atom. The van der Waals surface area contributed by atoms with Crippen molar-refractivity contribution >= 4 is 17.0 Å². The first-order chi connectivity index (χ1) is 4.99. The highest BCUT2D eigenvalue weighted by atomic mass is 79.9. The van der Waals surface area contributed by atoms with E-state index >= 15 is 0 Å². The molecule has 0 aliphatic heterocycles. The van der Waals surface area contributed by atoms with Gasteiger partial charge in [-0.2, -0.15) is 0 Å². The summed E-state index contributed by atoms with van der Waals surface area (Å²) in [7, 11) is 0. The van der Waals surface area contributed by atoms with E-state index in [1.165, 1.54) is 6.92 Å². The van der Waals surface area contributed by atoms with Crippen LogP contribution in [0, 0.1) is 5.92 Å². The Balaban J connectivity index is 0. The van der Waals surface area contributed by atoms with Crippen LogP contribution in [0.3, 0.4) is 0 Å². The summed E-state index contributed by atoms with van der Waals surface area (Å²) >= 11 is 0. The van der Waals surface area contributed by atoms with Crippen molar-refractivity contribution in [2.45, 2.75) is 25.5 Å². The first kappa shape index (κ1) is 14.8. The largest absolute Gasteiger partial charge is 0.396 e. The van der Waals surface area contributed by atoms with E-state index in [2.05, 4.69) is 0 Å². The number of hydrogen-bond acceptors (Lipinski definition) is 4. The monoisotopic (exact) mass is 243 g/mol. The standard InChI is InChI=1S/C7H17NO3.BrH/c1-7(8,11)3-2-6(4-9)5-10;/h6,9-11H,2-5,8H2,1H3;1H. The normalized spacial score (nSPS) is 15.5. The molecule has 0 aromatic rings. The maximum atomic E-state index is 9.07. The maximum absolute atomic E-state index is 9.07. The molecule has 5 N–H and O–H groups in total. The third kappa shape index (κ3) is 8.42. The van der Waals surface area contributed by atoms with Crippen LogP contribution in [0.15, 0.2) is 0 Å². The van der Waals surface area contributed by atoms with Crippen LogP contribution in [0.2, 0.25) is 0 Å². The molecule has 0 amide bonds. The number of aliphatic hydroxyl groups excluding tert-OH is 2. The van der Waals surface area contributed by atoms with Crippen molar-refractivity contribution in [3.63, 3.8) is 0 Å². The second-order valence-electron chi connectivity index (χ2n) is 3.13. The molecule has 0 bridgehead atoms. The second kappa shape index (κ2) is 6.80. The molecule has 0 heterocycles. The summed E-state index contributed by atoms with van der Waals surface area (Å²) in [4.78, 5) is 0. The average Bonchev–Trinajstić information content (AvgIpc) is 1.88. The molecule has 0 spiro atoms. The van der Waals surface area contributed by atoms with Gasteiger partial charge in [-0.1, -0.05) is 0 Å². The van der Waals surface area contributed by atoms with Gasteiger partial charge in [0.05, 0.1) is 0 Å². The van der Waals surface area contributed by atoms with E-state index in [9.17, 15) is 0 Å². The zero-order valence-corrected chi connectivity index (χ0v) is 8.95. The van der Waals surface area contributed by atoms with Gasteiger partial charge in [-0.3, -0.25) is 0 Å². The van der Waals surface area contributed by atoms with Gasteiger partial charge >= 0.3 is 0 Å². The van der Waals surface area contributed by atoms with Crippen LogP contribution in [0.4, 0.5) is 0 Å². The van der Waals surface area contributed by atoms with E-state index < -0.39 is 5.72 Å². The minimum atomic E-state index is -1.19. The summed E-state index contributed by atoms with van der Waals surface area (Å²) in [5, 5.41) is 26.4. The van der Waals surface area contributed by atoms with Crippen molar-refractivity contribution in [3.8, 4) is 0 Å². The molecule has 0 aliphatic rings. The summed E-state index contributed by atoms with van der Waals surface area (Å²) in [6, 6.07) is 0. The van der Waals surface area contributed by atoms with E-state index in [0.29, 0.717) is 12.8 Å². The lowest BCUT2D eigenvalue weighted by Crippen LogP contribution is -2.36. The van der Waals surface area contributed by atoms with Crippen LogP contribution in [0.1, 0.15) is 19.8 Å². The Kier molecular flexibility index (Phi) is 8.39. The maximum Gasteiger partial charge on any atom is 0.110 e. The zero-order chi connectivity index (χ0) is 8.91. The quantitative estimate of drug-likeness (QED) is 0.496. The van der Waals surface area contributed by atoms with Crippen LogP contribution in [-0.4, -0.2) is 34.3 Å². The van der Waals surface area contributed by atoms with Crippen molar-refractivity contribution in [1.82, 2.24) is 0 Å². The first-order valence-electron chi connectivity index (χ1n) is 3.72. The summed E-state index contributed by atoms with van der Waals surface area (Å²) < 4.78 is 0. The molecule has 0 aromatic carbocycles. The molecular weight excluding hydrogens is 226 g/mol. The molecule has 0 radical (unpaired) electrons. The van der Waals surface area contributed by atoms with Crippen molar-refractivity contribution in [2.75, 3.05) is 13.2 Å². The van der Waals surface area contributed by atoms with Gasteiger partial charge in [0.25, 0.3) is 0 Å². The topological polar surface area (TPSA) is 86.7 Å². The van der Waals surface area contributed by atoms with Crippen molar-refractivity contribution in [3.05, 3.63) is 0 Å². The molecule has 12 heavy (non-hydrogen) atoms. The molecule has 0 aliphatic carbocycles. The van der Waals surface area contributed by atoms with Gasteiger partial charge in [-0.15, -0.1) is 17.0 Å². The number of nitrogens with two attached hydrogens (primary N) is 1. The van der Waals surface area contributed by atoms with Gasteiger partial charge in [-0.25, -0.2) is 0 Å². The Hall–Kier alpha value is 0.320. The summed E-state index contributed by atoms with van der Waals surface area (Å²) in [5.41, 5.74) is 4.09. The van der Waals surface area contributed by atoms with E-state index in [1.54, 1.807) is 0 Å². The lowest BCUT2D eigenvalue weighted by molar-refractivity contribution is 0.0409. The molecule has 1 unspecified atom stereocenters. The third-order valence-electron chi connectivity index (χ3n) is 1.58. The molecule has 1 atom stereocenters. The predicted octanol–water partition coefficient (Wildman–Crippen LogP) is -0.388. The Morgan fingerprint density at radius 2 is 1.75 bits per heavy atom. The van der Waals surface area contributed by atoms with E-state index in [4.69, 9.17) is 21.1 Å². The van der Waals surface area contributed by atoms with Crippen LogP contribution < -0.4 is 5.73 Å². The zero-order valence-electron chi connectivity index (χ0n) is 7.23. The number of hydrogen-bond donors (Lipinski definition) is 4. The number of halogens is 1.